The average Bonchev–Trinajstić information content (AvgIpc) is 3.08. The molecule has 0 atom stereocenters. The molecule has 0 fully saturated rings. The molecule has 0 aliphatic heterocycles. The highest BCUT2D eigenvalue weighted by atomic mass is 35.5. The molecule has 122 valence electrons. The molecule has 4 aromatic rings. The molecular formula is C20H13Cl2N3. The minimum absolute atomic E-state index is 0.578. The van der Waals surface area contributed by atoms with Gasteiger partial charge in [-0.15, -0.1) is 0 Å². The van der Waals surface area contributed by atoms with E-state index in [1.807, 2.05) is 60.7 Å². The molecule has 0 saturated heterocycles. The standard InChI is InChI=1S/C20H13Cl2N3/c21-15-7-4-8-16(22)17(15)19-18(13-5-2-1-3-6-13)24-20(25-19)14-9-11-23-12-10-14/h1-12H,(H,24,25). The Hall–Kier alpha value is -2.62. The van der Waals surface area contributed by atoms with Crippen LogP contribution in [0.5, 0.6) is 0 Å². The van der Waals surface area contributed by atoms with Crippen LogP contribution in [0, 0.1) is 0 Å². The minimum Gasteiger partial charge on any atom is -0.337 e. The molecule has 2 aromatic carbocycles. The second kappa shape index (κ2) is 6.71. The van der Waals surface area contributed by atoms with E-state index in [9.17, 15) is 0 Å². The van der Waals surface area contributed by atoms with Crippen LogP contribution in [-0.2, 0) is 0 Å². The Bertz CT molecular complexity index is 992. The summed E-state index contributed by atoms with van der Waals surface area (Å²) in [7, 11) is 0. The van der Waals surface area contributed by atoms with Crippen molar-refractivity contribution in [3.63, 3.8) is 0 Å². The number of nitrogens with one attached hydrogen (secondary N) is 1. The zero-order chi connectivity index (χ0) is 17.2. The van der Waals surface area contributed by atoms with Gasteiger partial charge in [0.2, 0.25) is 0 Å². The van der Waals surface area contributed by atoms with Gasteiger partial charge in [0.05, 0.1) is 21.4 Å². The van der Waals surface area contributed by atoms with E-state index in [0.29, 0.717) is 10.0 Å². The van der Waals surface area contributed by atoms with Crippen molar-refractivity contribution >= 4 is 23.2 Å². The highest BCUT2D eigenvalue weighted by Gasteiger charge is 2.19. The van der Waals surface area contributed by atoms with Crippen LogP contribution in [0.1, 0.15) is 0 Å². The zero-order valence-electron chi connectivity index (χ0n) is 13.1. The van der Waals surface area contributed by atoms with E-state index in [1.165, 1.54) is 0 Å². The number of halogens is 2. The molecule has 5 heteroatoms. The quantitative estimate of drug-likeness (QED) is 0.475. The van der Waals surface area contributed by atoms with Crippen molar-refractivity contribution < 1.29 is 0 Å². The lowest BCUT2D eigenvalue weighted by Gasteiger charge is -2.07. The summed E-state index contributed by atoms with van der Waals surface area (Å²) in [5.74, 6) is 0.743. The fraction of sp³-hybridized carbons (Fsp3) is 0. The number of pyridine rings is 1. The molecule has 0 aliphatic rings. The number of H-pyrrole nitrogens is 1. The molecule has 2 aromatic heterocycles. The van der Waals surface area contributed by atoms with E-state index in [4.69, 9.17) is 28.2 Å². The van der Waals surface area contributed by atoms with Gasteiger partial charge in [-0.1, -0.05) is 59.6 Å². The molecule has 0 spiro atoms. The summed E-state index contributed by atoms with van der Waals surface area (Å²) in [6.07, 6.45) is 3.48. The van der Waals surface area contributed by atoms with Crippen LogP contribution in [0.4, 0.5) is 0 Å². The third-order valence-corrected chi connectivity index (χ3v) is 4.55. The third kappa shape index (κ3) is 3.04. The Morgan fingerprint density at radius 3 is 2.08 bits per heavy atom. The largest absolute Gasteiger partial charge is 0.337 e. The highest BCUT2D eigenvalue weighted by Crippen LogP contribution is 2.40. The van der Waals surface area contributed by atoms with Gasteiger partial charge >= 0.3 is 0 Å². The molecule has 0 radical (unpaired) electrons. The number of aromatic nitrogens is 3. The third-order valence-electron chi connectivity index (χ3n) is 3.92. The second-order valence-corrected chi connectivity index (χ2v) is 6.32. The summed E-state index contributed by atoms with van der Waals surface area (Å²) < 4.78 is 0. The van der Waals surface area contributed by atoms with Crippen LogP contribution in [0.3, 0.4) is 0 Å². The van der Waals surface area contributed by atoms with Gasteiger partial charge in [-0.2, -0.15) is 0 Å². The predicted molar refractivity (Wildman–Crippen MR) is 103 cm³/mol. The van der Waals surface area contributed by atoms with E-state index >= 15 is 0 Å². The normalized spacial score (nSPS) is 10.8. The summed E-state index contributed by atoms with van der Waals surface area (Å²) >= 11 is 12.9. The maximum absolute atomic E-state index is 6.44. The summed E-state index contributed by atoms with van der Waals surface area (Å²) in [6, 6.07) is 19.3. The van der Waals surface area contributed by atoms with Gasteiger partial charge in [0.15, 0.2) is 0 Å². The molecule has 3 nitrogen and oxygen atoms in total. The van der Waals surface area contributed by atoms with Gasteiger partial charge in [0.1, 0.15) is 5.82 Å². The smallest absolute Gasteiger partial charge is 0.138 e. The predicted octanol–water partition coefficient (Wildman–Crippen LogP) is 6.11. The van der Waals surface area contributed by atoms with Crippen molar-refractivity contribution in [3.05, 3.63) is 83.1 Å². The van der Waals surface area contributed by atoms with Crippen LogP contribution in [0.25, 0.3) is 33.9 Å². The number of hydrogen-bond acceptors (Lipinski definition) is 2. The minimum atomic E-state index is 0.578. The van der Waals surface area contributed by atoms with Crippen molar-refractivity contribution in [2.75, 3.05) is 0 Å². The molecule has 0 saturated carbocycles. The number of nitrogens with zero attached hydrogens (tertiary/aromatic N) is 2. The summed E-state index contributed by atoms with van der Waals surface area (Å²) in [4.78, 5) is 12.3. The van der Waals surface area contributed by atoms with E-state index < -0.39 is 0 Å². The monoisotopic (exact) mass is 365 g/mol. The molecule has 0 unspecified atom stereocenters. The van der Waals surface area contributed by atoms with Gasteiger partial charge in [0, 0.05) is 29.1 Å². The fourth-order valence-corrected chi connectivity index (χ4v) is 3.33. The number of rotatable bonds is 3. The lowest BCUT2D eigenvalue weighted by molar-refractivity contribution is 1.27. The molecule has 25 heavy (non-hydrogen) atoms. The maximum Gasteiger partial charge on any atom is 0.138 e. The number of benzene rings is 2. The van der Waals surface area contributed by atoms with Crippen LogP contribution in [0.15, 0.2) is 73.1 Å². The molecular weight excluding hydrogens is 353 g/mol. The topological polar surface area (TPSA) is 41.6 Å². The van der Waals surface area contributed by atoms with Gasteiger partial charge < -0.3 is 4.98 Å². The first-order valence-electron chi connectivity index (χ1n) is 7.74. The second-order valence-electron chi connectivity index (χ2n) is 5.51. The Labute approximate surface area is 155 Å². The Morgan fingerprint density at radius 1 is 0.720 bits per heavy atom. The lowest BCUT2D eigenvalue weighted by Crippen LogP contribution is -1.86. The van der Waals surface area contributed by atoms with Gasteiger partial charge in [-0.3, -0.25) is 4.98 Å². The molecule has 1 N–H and O–H groups in total. The number of imidazole rings is 1. The summed E-state index contributed by atoms with van der Waals surface area (Å²) in [5, 5.41) is 1.16. The molecule has 0 bridgehead atoms. The van der Waals surface area contributed by atoms with Crippen molar-refractivity contribution in [3.8, 4) is 33.9 Å². The van der Waals surface area contributed by atoms with E-state index in [1.54, 1.807) is 12.4 Å². The molecule has 4 rings (SSSR count). The first-order valence-corrected chi connectivity index (χ1v) is 8.50. The van der Waals surface area contributed by atoms with Crippen molar-refractivity contribution in [2.24, 2.45) is 0 Å². The van der Waals surface area contributed by atoms with Crippen molar-refractivity contribution in [1.82, 2.24) is 15.0 Å². The van der Waals surface area contributed by atoms with Gasteiger partial charge in [0.25, 0.3) is 0 Å². The van der Waals surface area contributed by atoms with Crippen LogP contribution in [0.2, 0.25) is 10.0 Å². The summed E-state index contributed by atoms with van der Waals surface area (Å²) in [5.41, 5.74) is 4.29. The maximum atomic E-state index is 6.44. The average molecular weight is 366 g/mol. The number of aromatic amines is 1. The lowest BCUT2D eigenvalue weighted by atomic mass is 10.1. The molecule has 0 amide bonds. The van der Waals surface area contributed by atoms with E-state index in [-0.39, 0.29) is 0 Å². The Morgan fingerprint density at radius 2 is 1.40 bits per heavy atom. The van der Waals surface area contributed by atoms with Gasteiger partial charge in [-0.05, 0) is 24.3 Å². The van der Waals surface area contributed by atoms with Crippen LogP contribution in [-0.4, -0.2) is 15.0 Å². The summed E-state index contributed by atoms with van der Waals surface area (Å²) in [6.45, 7) is 0. The zero-order valence-corrected chi connectivity index (χ0v) is 14.6. The Balaban J connectivity index is 1.98. The first-order chi connectivity index (χ1) is 12.2. The first kappa shape index (κ1) is 15.9. The highest BCUT2D eigenvalue weighted by molar-refractivity contribution is 6.39. The molecule has 0 aliphatic carbocycles. The van der Waals surface area contributed by atoms with Crippen molar-refractivity contribution in [1.29, 1.82) is 0 Å². The van der Waals surface area contributed by atoms with Crippen LogP contribution < -0.4 is 0 Å². The van der Waals surface area contributed by atoms with E-state index in [0.717, 1.165) is 33.9 Å². The fourth-order valence-electron chi connectivity index (χ4n) is 2.74. The number of hydrogen-bond donors (Lipinski definition) is 1. The van der Waals surface area contributed by atoms with E-state index in [2.05, 4.69) is 9.97 Å². The van der Waals surface area contributed by atoms with Crippen LogP contribution >= 0.6 is 23.2 Å². The SMILES string of the molecule is Clc1cccc(Cl)c1-c1[nH]c(-c2ccncc2)nc1-c1ccccc1. The van der Waals surface area contributed by atoms with Crippen molar-refractivity contribution in [2.45, 2.75) is 0 Å². The Kier molecular flexibility index (Phi) is 4.26. The van der Waals surface area contributed by atoms with Gasteiger partial charge in [-0.25, -0.2) is 4.98 Å². The molecule has 2 heterocycles.